The van der Waals surface area contributed by atoms with E-state index in [1.54, 1.807) is 10.9 Å². The maximum atomic E-state index is 12.2. The van der Waals surface area contributed by atoms with E-state index >= 15 is 0 Å². The van der Waals surface area contributed by atoms with Crippen LogP contribution in [0.4, 0.5) is 5.82 Å². The molecular formula is C15H18N4O. The molecule has 3 rings (SSSR count). The van der Waals surface area contributed by atoms with Crippen molar-refractivity contribution in [3.05, 3.63) is 42.1 Å². The number of carbonyl (C=O) groups excluding carboxylic acids is 1. The third-order valence-electron chi connectivity index (χ3n) is 3.67. The number of aromatic nitrogens is 2. The van der Waals surface area contributed by atoms with Gasteiger partial charge in [0.05, 0.1) is 17.8 Å². The van der Waals surface area contributed by atoms with Crippen molar-refractivity contribution >= 4 is 11.7 Å². The topological polar surface area (TPSA) is 59.0 Å². The summed E-state index contributed by atoms with van der Waals surface area (Å²) in [6.07, 6.45) is 2.60. The van der Waals surface area contributed by atoms with Crippen molar-refractivity contribution < 1.29 is 4.79 Å². The zero-order valence-corrected chi connectivity index (χ0v) is 11.5. The number of para-hydroxylation sites is 1. The standard InChI is InChI=1S/C15H18N4O/c1-11-4-2-3-5-13(11)19-14(7-9-17-19)18-15(20)12-6-8-16-10-12/h2-5,7,9,12,16H,6,8,10H2,1H3,(H,18,20). The van der Waals surface area contributed by atoms with Gasteiger partial charge in [-0.05, 0) is 31.5 Å². The van der Waals surface area contributed by atoms with Gasteiger partial charge >= 0.3 is 0 Å². The molecule has 1 fully saturated rings. The summed E-state index contributed by atoms with van der Waals surface area (Å²) in [6, 6.07) is 9.81. The number of nitrogens with one attached hydrogen (secondary N) is 2. The fraction of sp³-hybridized carbons (Fsp3) is 0.333. The predicted molar refractivity (Wildman–Crippen MR) is 77.9 cm³/mol. The van der Waals surface area contributed by atoms with Gasteiger partial charge in [0, 0.05) is 12.6 Å². The Bertz CT molecular complexity index is 614. The summed E-state index contributed by atoms with van der Waals surface area (Å²) in [4.78, 5) is 12.2. The molecule has 1 aliphatic heterocycles. The molecule has 0 bridgehead atoms. The second-order valence-electron chi connectivity index (χ2n) is 5.09. The highest BCUT2D eigenvalue weighted by Crippen LogP contribution is 2.19. The molecule has 0 radical (unpaired) electrons. The quantitative estimate of drug-likeness (QED) is 0.893. The third kappa shape index (κ3) is 2.44. The molecule has 1 unspecified atom stereocenters. The zero-order valence-electron chi connectivity index (χ0n) is 11.5. The monoisotopic (exact) mass is 270 g/mol. The molecule has 2 heterocycles. The summed E-state index contributed by atoms with van der Waals surface area (Å²) in [6.45, 7) is 3.70. The lowest BCUT2D eigenvalue weighted by atomic mass is 10.1. The van der Waals surface area contributed by atoms with E-state index in [1.807, 2.05) is 37.3 Å². The van der Waals surface area contributed by atoms with Gasteiger partial charge in [0.1, 0.15) is 5.82 Å². The van der Waals surface area contributed by atoms with Gasteiger partial charge < -0.3 is 10.6 Å². The molecule has 1 aromatic heterocycles. The fourth-order valence-corrected chi connectivity index (χ4v) is 2.50. The van der Waals surface area contributed by atoms with E-state index < -0.39 is 0 Å². The van der Waals surface area contributed by atoms with Gasteiger partial charge in [-0.1, -0.05) is 18.2 Å². The Kier molecular flexibility index (Phi) is 3.52. The van der Waals surface area contributed by atoms with Crippen LogP contribution >= 0.6 is 0 Å². The minimum Gasteiger partial charge on any atom is -0.316 e. The van der Waals surface area contributed by atoms with Crippen molar-refractivity contribution in [2.45, 2.75) is 13.3 Å². The van der Waals surface area contributed by atoms with Crippen LogP contribution in [0, 0.1) is 12.8 Å². The molecule has 5 heteroatoms. The van der Waals surface area contributed by atoms with Crippen molar-refractivity contribution in [1.29, 1.82) is 0 Å². The molecule has 104 valence electrons. The summed E-state index contributed by atoms with van der Waals surface area (Å²) in [5.74, 6) is 0.830. The number of benzene rings is 1. The fourth-order valence-electron chi connectivity index (χ4n) is 2.50. The molecule has 20 heavy (non-hydrogen) atoms. The van der Waals surface area contributed by atoms with Crippen LogP contribution < -0.4 is 10.6 Å². The van der Waals surface area contributed by atoms with Gasteiger partial charge in [-0.25, -0.2) is 4.68 Å². The number of anilines is 1. The minimum atomic E-state index is 0.0511. The van der Waals surface area contributed by atoms with Crippen molar-refractivity contribution in [1.82, 2.24) is 15.1 Å². The number of hydrogen-bond donors (Lipinski definition) is 2. The third-order valence-corrected chi connectivity index (χ3v) is 3.67. The van der Waals surface area contributed by atoms with E-state index in [0.717, 1.165) is 36.6 Å². The number of carbonyl (C=O) groups is 1. The molecule has 1 amide bonds. The first-order valence-electron chi connectivity index (χ1n) is 6.87. The lowest BCUT2D eigenvalue weighted by Gasteiger charge is -2.13. The van der Waals surface area contributed by atoms with Crippen LogP contribution in [0.5, 0.6) is 0 Å². The van der Waals surface area contributed by atoms with Gasteiger partial charge in [-0.2, -0.15) is 5.10 Å². The van der Waals surface area contributed by atoms with Gasteiger partial charge in [-0.15, -0.1) is 0 Å². The summed E-state index contributed by atoms with van der Waals surface area (Å²) < 4.78 is 1.77. The molecule has 0 aliphatic carbocycles. The summed E-state index contributed by atoms with van der Waals surface area (Å²) >= 11 is 0. The molecule has 2 N–H and O–H groups in total. The van der Waals surface area contributed by atoms with Crippen LogP contribution in [-0.2, 0) is 4.79 Å². The Morgan fingerprint density at radius 2 is 2.25 bits per heavy atom. The Morgan fingerprint density at radius 1 is 1.40 bits per heavy atom. The van der Waals surface area contributed by atoms with Crippen LogP contribution in [0.3, 0.4) is 0 Å². The van der Waals surface area contributed by atoms with E-state index in [0.29, 0.717) is 0 Å². The first-order valence-corrected chi connectivity index (χ1v) is 6.87. The van der Waals surface area contributed by atoms with Crippen molar-refractivity contribution in [3.8, 4) is 5.69 Å². The van der Waals surface area contributed by atoms with E-state index in [2.05, 4.69) is 15.7 Å². The predicted octanol–water partition coefficient (Wildman–Crippen LogP) is 1.73. The molecule has 1 aromatic carbocycles. The van der Waals surface area contributed by atoms with E-state index in [9.17, 15) is 4.79 Å². The Labute approximate surface area is 118 Å². The second kappa shape index (κ2) is 5.46. The maximum absolute atomic E-state index is 12.2. The Hall–Kier alpha value is -2.14. The number of amides is 1. The first-order chi connectivity index (χ1) is 9.75. The van der Waals surface area contributed by atoms with Crippen LogP contribution in [0.1, 0.15) is 12.0 Å². The summed E-state index contributed by atoms with van der Waals surface area (Å²) in [5, 5.41) is 10.5. The van der Waals surface area contributed by atoms with Gasteiger partial charge in [0.2, 0.25) is 5.91 Å². The highest BCUT2D eigenvalue weighted by molar-refractivity contribution is 5.92. The second-order valence-corrected chi connectivity index (χ2v) is 5.09. The smallest absolute Gasteiger partial charge is 0.229 e. The van der Waals surface area contributed by atoms with Gasteiger partial charge in [-0.3, -0.25) is 4.79 Å². The van der Waals surface area contributed by atoms with E-state index in [-0.39, 0.29) is 11.8 Å². The summed E-state index contributed by atoms with van der Waals surface area (Å²) in [7, 11) is 0. The molecule has 1 aliphatic rings. The normalized spacial score (nSPS) is 18.1. The van der Waals surface area contributed by atoms with Crippen LogP contribution in [0.15, 0.2) is 36.5 Å². The largest absolute Gasteiger partial charge is 0.316 e. The Morgan fingerprint density at radius 3 is 3.00 bits per heavy atom. The van der Waals surface area contributed by atoms with Crippen LogP contribution in [0.2, 0.25) is 0 Å². The molecule has 5 nitrogen and oxygen atoms in total. The lowest BCUT2D eigenvalue weighted by molar-refractivity contribution is -0.119. The molecular weight excluding hydrogens is 252 g/mol. The average Bonchev–Trinajstić information content (AvgIpc) is 3.10. The van der Waals surface area contributed by atoms with Crippen LogP contribution in [-0.4, -0.2) is 28.8 Å². The maximum Gasteiger partial charge on any atom is 0.229 e. The average molecular weight is 270 g/mol. The SMILES string of the molecule is Cc1ccccc1-n1nccc1NC(=O)C1CCNC1. The van der Waals surface area contributed by atoms with Crippen molar-refractivity contribution in [2.75, 3.05) is 18.4 Å². The molecule has 1 atom stereocenters. The van der Waals surface area contributed by atoms with E-state index in [1.165, 1.54) is 0 Å². The Balaban J connectivity index is 1.83. The highest BCUT2D eigenvalue weighted by Gasteiger charge is 2.23. The molecule has 2 aromatic rings. The minimum absolute atomic E-state index is 0.0511. The number of nitrogens with zero attached hydrogens (tertiary/aromatic N) is 2. The lowest BCUT2D eigenvalue weighted by Crippen LogP contribution is -2.25. The number of aryl methyl sites for hydroxylation is 1. The molecule has 0 saturated carbocycles. The highest BCUT2D eigenvalue weighted by atomic mass is 16.2. The van der Waals surface area contributed by atoms with Crippen LogP contribution in [0.25, 0.3) is 5.69 Å². The summed E-state index contributed by atoms with van der Waals surface area (Å²) in [5.41, 5.74) is 2.10. The van der Waals surface area contributed by atoms with Crippen molar-refractivity contribution in [2.24, 2.45) is 5.92 Å². The number of hydrogen-bond acceptors (Lipinski definition) is 3. The molecule has 1 saturated heterocycles. The van der Waals surface area contributed by atoms with E-state index in [4.69, 9.17) is 0 Å². The van der Waals surface area contributed by atoms with Gasteiger partial charge in [0.15, 0.2) is 0 Å². The zero-order chi connectivity index (χ0) is 13.9. The first kappa shape index (κ1) is 12.9. The molecule has 0 spiro atoms. The number of rotatable bonds is 3. The van der Waals surface area contributed by atoms with Crippen molar-refractivity contribution in [3.63, 3.8) is 0 Å². The van der Waals surface area contributed by atoms with Gasteiger partial charge in [0.25, 0.3) is 0 Å².